The molecule has 0 bridgehead atoms. The summed E-state index contributed by atoms with van der Waals surface area (Å²) in [7, 11) is 0.894. The monoisotopic (exact) mass is 510 g/mol. The van der Waals surface area contributed by atoms with Crippen LogP contribution in [0.3, 0.4) is 0 Å². The van der Waals surface area contributed by atoms with Gasteiger partial charge in [0.15, 0.2) is 5.41 Å². The molecule has 0 aliphatic carbocycles. The summed E-state index contributed by atoms with van der Waals surface area (Å²) in [5.74, 6) is -6.18. The first-order valence-corrected chi connectivity index (χ1v) is 10.6. The van der Waals surface area contributed by atoms with Gasteiger partial charge >= 0.3 is 18.1 Å². The second-order valence-electron chi connectivity index (χ2n) is 7.61. The van der Waals surface area contributed by atoms with E-state index in [-0.39, 0.29) is 20.8 Å². The molecule has 182 valence electrons. The van der Waals surface area contributed by atoms with Crippen LogP contribution >= 0.6 is 11.3 Å². The molecule has 2 heterocycles. The molecule has 1 N–H and O–H groups in total. The summed E-state index contributed by atoms with van der Waals surface area (Å²) in [5, 5.41) is 9.39. The maximum absolute atomic E-state index is 14.1. The van der Waals surface area contributed by atoms with Crippen molar-refractivity contribution in [1.29, 1.82) is 0 Å². The molecular weight excluding hydrogens is 496 g/mol. The molecule has 13 heteroatoms. The van der Waals surface area contributed by atoms with Gasteiger partial charge in [-0.3, -0.25) is 24.1 Å². The van der Waals surface area contributed by atoms with Crippen LogP contribution in [0.25, 0.3) is 10.2 Å². The van der Waals surface area contributed by atoms with Crippen molar-refractivity contribution in [3.63, 3.8) is 0 Å². The van der Waals surface area contributed by atoms with Crippen LogP contribution in [0.1, 0.15) is 32.9 Å². The van der Waals surface area contributed by atoms with Gasteiger partial charge in [-0.05, 0) is 35.9 Å². The van der Waals surface area contributed by atoms with Gasteiger partial charge in [0.2, 0.25) is 0 Å². The Morgan fingerprint density at radius 2 is 1.91 bits per heavy atom. The molecular formula is C22H14F4N2O6S. The van der Waals surface area contributed by atoms with E-state index in [0.29, 0.717) is 4.90 Å². The second-order valence-corrected chi connectivity index (χ2v) is 8.73. The molecule has 1 aliphatic rings. The molecule has 4 rings (SSSR count). The lowest BCUT2D eigenvalue weighted by Crippen LogP contribution is -2.59. The summed E-state index contributed by atoms with van der Waals surface area (Å²) in [4.78, 5) is 55.6. The highest BCUT2D eigenvalue weighted by Gasteiger charge is 2.58. The Morgan fingerprint density at radius 1 is 1.20 bits per heavy atom. The van der Waals surface area contributed by atoms with Gasteiger partial charge in [-0.25, -0.2) is 9.37 Å². The molecule has 1 aliphatic heterocycles. The Morgan fingerprint density at radius 3 is 2.54 bits per heavy atom. The van der Waals surface area contributed by atoms with Gasteiger partial charge in [0.25, 0.3) is 11.8 Å². The van der Waals surface area contributed by atoms with Gasteiger partial charge in [0.1, 0.15) is 10.8 Å². The van der Waals surface area contributed by atoms with Crippen LogP contribution in [-0.4, -0.2) is 45.9 Å². The van der Waals surface area contributed by atoms with E-state index < -0.39 is 65.3 Å². The molecule has 35 heavy (non-hydrogen) atoms. The van der Waals surface area contributed by atoms with Crippen molar-refractivity contribution >= 4 is 45.3 Å². The number of carbonyl (C=O) groups is 4. The lowest BCUT2D eigenvalue weighted by molar-refractivity contribution is -0.161. The number of methoxy groups -OCH3 is 1. The predicted octanol–water partition coefficient (Wildman–Crippen LogP) is 3.52. The van der Waals surface area contributed by atoms with Crippen LogP contribution in [0.5, 0.6) is 0 Å². The number of imide groups is 1. The number of esters is 1. The van der Waals surface area contributed by atoms with E-state index in [2.05, 4.69) is 9.72 Å². The maximum atomic E-state index is 14.1. The third kappa shape index (κ3) is 3.91. The molecule has 2 amide bonds. The average molecular weight is 510 g/mol. The molecule has 1 unspecified atom stereocenters. The fraction of sp³-hybridized carbons (Fsp3) is 0.227. The SMILES string of the molecule is COC(=O)C1(CC(=O)O)C(=O)N(Cc2nc3c(C(F)(F)F)cccc3s2)C(=O)c2ccc(F)cc21. The Balaban J connectivity index is 1.87. The average Bonchev–Trinajstić information content (AvgIpc) is 3.20. The number of carboxylic acids is 1. The van der Waals surface area contributed by atoms with Crippen LogP contribution in [0.15, 0.2) is 36.4 Å². The number of alkyl halides is 3. The number of carboxylic acid groups (broad SMARTS) is 1. The van der Waals surface area contributed by atoms with Gasteiger partial charge in [-0.1, -0.05) is 6.07 Å². The molecule has 0 saturated carbocycles. The maximum Gasteiger partial charge on any atom is 0.418 e. The van der Waals surface area contributed by atoms with E-state index in [0.717, 1.165) is 42.7 Å². The number of benzene rings is 2. The van der Waals surface area contributed by atoms with E-state index in [9.17, 15) is 41.8 Å². The highest BCUT2D eigenvalue weighted by atomic mass is 32.1. The summed E-state index contributed by atoms with van der Waals surface area (Å²) in [6.45, 7) is -0.649. The lowest BCUT2D eigenvalue weighted by Gasteiger charge is -2.38. The number of nitrogens with zero attached hydrogens (tertiary/aromatic N) is 2. The van der Waals surface area contributed by atoms with Gasteiger partial charge in [-0.15, -0.1) is 11.3 Å². The van der Waals surface area contributed by atoms with Gasteiger partial charge in [-0.2, -0.15) is 13.2 Å². The molecule has 0 spiro atoms. The van der Waals surface area contributed by atoms with Crippen LogP contribution in [0.2, 0.25) is 0 Å². The van der Waals surface area contributed by atoms with Crippen molar-refractivity contribution in [2.24, 2.45) is 0 Å². The molecule has 0 fully saturated rings. The number of para-hydroxylation sites is 1. The number of aromatic nitrogens is 1. The first-order chi connectivity index (χ1) is 16.4. The summed E-state index contributed by atoms with van der Waals surface area (Å²) >= 11 is 0.788. The Labute approximate surface area is 197 Å². The molecule has 2 aromatic carbocycles. The largest absolute Gasteiger partial charge is 0.481 e. The standard InChI is InChI=1S/C22H14F4N2O6S/c1-34-20(33)21(8-16(29)30)13-7-10(23)5-6-11(13)18(31)28(19(21)32)9-15-27-17-12(22(24,25)26)3-2-4-14(17)35-15/h2-7H,8-9H2,1H3,(H,29,30). The van der Waals surface area contributed by atoms with Crippen molar-refractivity contribution in [2.45, 2.75) is 24.6 Å². The van der Waals surface area contributed by atoms with Gasteiger partial charge in [0, 0.05) is 5.56 Å². The number of amides is 2. The number of ether oxygens (including phenoxy) is 1. The fourth-order valence-electron chi connectivity index (χ4n) is 4.05. The number of carbonyl (C=O) groups excluding carboxylic acids is 3. The van der Waals surface area contributed by atoms with E-state index in [4.69, 9.17) is 0 Å². The molecule has 1 atom stereocenters. The third-order valence-electron chi connectivity index (χ3n) is 5.54. The number of thiazole rings is 1. The number of hydrogen-bond acceptors (Lipinski definition) is 7. The summed E-state index contributed by atoms with van der Waals surface area (Å²) in [6.07, 6.45) is -5.86. The van der Waals surface area contributed by atoms with E-state index in [1.165, 1.54) is 12.1 Å². The highest BCUT2D eigenvalue weighted by molar-refractivity contribution is 7.18. The first-order valence-electron chi connectivity index (χ1n) is 9.82. The minimum absolute atomic E-state index is 0.0712. The number of fused-ring (bicyclic) bond motifs is 2. The summed E-state index contributed by atoms with van der Waals surface area (Å²) in [6, 6.07) is 6.00. The smallest absolute Gasteiger partial charge is 0.418 e. The van der Waals surface area contributed by atoms with Crippen molar-refractivity contribution < 1.29 is 46.6 Å². The topological polar surface area (TPSA) is 114 Å². The Hall–Kier alpha value is -3.87. The van der Waals surface area contributed by atoms with Gasteiger partial charge < -0.3 is 9.84 Å². The number of halogens is 4. The molecule has 0 radical (unpaired) electrons. The quantitative estimate of drug-likeness (QED) is 0.242. The normalized spacial score (nSPS) is 18.0. The number of rotatable bonds is 5. The highest BCUT2D eigenvalue weighted by Crippen LogP contribution is 2.41. The van der Waals surface area contributed by atoms with Crippen molar-refractivity contribution in [3.8, 4) is 0 Å². The molecule has 0 saturated heterocycles. The molecule has 1 aromatic heterocycles. The van der Waals surface area contributed by atoms with E-state index in [1.54, 1.807) is 0 Å². The lowest BCUT2D eigenvalue weighted by atomic mass is 9.71. The van der Waals surface area contributed by atoms with Crippen molar-refractivity contribution in [3.05, 3.63) is 63.9 Å². The molecule has 8 nitrogen and oxygen atoms in total. The summed E-state index contributed by atoms with van der Waals surface area (Å²) in [5.41, 5.74) is -4.79. The first kappa shape index (κ1) is 24.3. The van der Waals surface area contributed by atoms with Gasteiger partial charge in [0.05, 0.1) is 35.9 Å². The Bertz CT molecular complexity index is 1400. The van der Waals surface area contributed by atoms with Crippen molar-refractivity contribution in [1.82, 2.24) is 9.88 Å². The van der Waals surface area contributed by atoms with Crippen LogP contribution < -0.4 is 0 Å². The van der Waals surface area contributed by atoms with Crippen molar-refractivity contribution in [2.75, 3.05) is 7.11 Å². The van der Waals surface area contributed by atoms with E-state index >= 15 is 0 Å². The third-order valence-corrected chi connectivity index (χ3v) is 6.54. The zero-order valence-electron chi connectivity index (χ0n) is 17.7. The minimum Gasteiger partial charge on any atom is -0.481 e. The predicted molar refractivity (Wildman–Crippen MR) is 112 cm³/mol. The number of hydrogen-bond donors (Lipinski definition) is 1. The zero-order valence-corrected chi connectivity index (χ0v) is 18.5. The second kappa shape index (κ2) is 8.41. The van der Waals surface area contributed by atoms with Crippen LogP contribution in [-0.2, 0) is 37.3 Å². The van der Waals surface area contributed by atoms with Crippen LogP contribution in [0.4, 0.5) is 17.6 Å². The zero-order chi connectivity index (χ0) is 25.7. The Kier molecular flexibility index (Phi) is 5.83. The number of aliphatic carboxylic acids is 1. The van der Waals surface area contributed by atoms with Crippen LogP contribution in [0, 0.1) is 5.82 Å². The van der Waals surface area contributed by atoms with E-state index in [1.807, 2.05) is 0 Å². The minimum atomic E-state index is -4.70. The molecule has 3 aromatic rings. The fourth-order valence-corrected chi connectivity index (χ4v) is 5.03. The summed E-state index contributed by atoms with van der Waals surface area (Å²) < 4.78 is 59.0.